The second kappa shape index (κ2) is 6.37. The van der Waals surface area contributed by atoms with Gasteiger partial charge in [0, 0.05) is 0 Å². The van der Waals surface area contributed by atoms with Crippen LogP contribution in [0.1, 0.15) is 0 Å². The van der Waals surface area contributed by atoms with Crippen molar-refractivity contribution in [2.75, 3.05) is 17.3 Å². The minimum Gasteiger partial charge on any atom is -0.341 e. The number of anilines is 1. The fourth-order valence-corrected chi connectivity index (χ4v) is 3.43. The Bertz CT molecular complexity index is 771. The number of nitrogens with zero attached hydrogens (tertiary/aromatic N) is 5. The molecule has 21 heavy (non-hydrogen) atoms. The average Bonchev–Trinajstić information content (AvgIpc) is 3.13. The fraction of sp³-hybridized carbons (Fsp3) is 0.200. The molecule has 0 radical (unpaired) electrons. The van der Waals surface area contributed by atoms with E-state index in [1.54, 1.807) is 6.33 Å². The number of aromatic nitrogens is 6. The summed E-state index contributed by atoms with van der Waals surface area (Å²) in [6.07, 6.45) is 4.89. The predicted molar refractivity (Wildman–Crippen MR) is 82.7 cm³/mol. The number of carbonyl (C=O) groups excluding carboxylic acids is 1. The van der Waals surface area contributed by atoms with Gasteiger partial charge in [-0.3, -0.25) is 10.1 Å². The summed E-state index contributed by atoms with van der Waals surface area (Å²) in [4.78, 5) is 27.1. The van der Waals surface area contributed by atoms with E-state index in [0.717, 1.165) is 9.86 Å². The summed E-state index contributed by atoms with van der Waals surface area (Å²) in [5, 5.41) is 11.7. The maximum absolute atomic E-state index is 11.9. The molecule has 3 rings (SSSR count). The zero-order chi connectivity index (χ0) is 14.7. The molecule has 0 unspecified atom stereocenters. The minimum atomic E-state index is -0.157. The lowest BCUT2D eigenvalue weighted by molar-refractivity contribution is -0.113. The molecule has 0 bridgehead atoms. The van der Waals surface area contributed by atoms with Crippen molar-refractivity contribution in [1.82, 2.24) is 30.1 Å². The summed E-state index contributed by atoms with van der Waals surface area (Å²) >= 11 is 4.15. The molecule has 0 aliphatic rings. The largest absolute Gasteiger partial charge is 0.341 e. The average molecular weight is 339 g/mol. The molecular formula is C10H9N7OS3. The van der Waals surface area contributed by atoms with E-state index >= 15 is 0 Å². The van der Waals surface area contributed by atoms with Gasteiger partial charge in [0.05, 0.1) is 12.1 Å². The summed E-state index contributed by atoms with van der Waals surface area (Å²) < 4.78 is 0.813. The van der Waals surface area contributed by atoms with Crippen molar-refractivity contribution in [3.05, 3.63) is 12.7 Å². The van der Waals surface area contributed by atoms with Crippen LogP contribution in [0.4, 0.5) is 5.13 Å². The first kappa shape index (κ1) is 14.2. The molecule has 8 nitrogen and oxygen atoms in total. The maximum atomic E-state index is 11.9. The summed E-state index contributed by atoms with van der Waals surface area (Å²) in [5.74, 6) is 0.0642. The molecular weight excluding hydrogens is 330 g/mol. The van der Waals surface area contributed by atoms with Gasteiger partial charge in [0.15, 0.2) is 9.99 Å². The quantitative estimate of drug-likeness (QED) is 0.410. The molecule has 2 N–H and O–H groups in total. The van der Waals surface area contributed by atoms with Gasteiger partial charge in [0.25, 0.3) is 0 Å². The van der Waals surface area contributed by atoms with Gasteiger partial charge in [-0.1, -0.05) is 34.9 Å². The third kappa shape index (κ3) is 3.31. The highest BCUT2D eigenvalue weighted by molar-refractivity contribution is 8.00. The van der Waals surface area contributed by atoms with Crippen LogP contribution in [0.3, 0.4) is 0 Å². The number of fused-ring (bicyclic) bond motifs is 1. The van der Waals surface area contributed by atoms with Crippen molar-refractivity contribution in [2.45, 2.75) is 9.37 Å². The normalized spacial score (nSPS) is 10.9. The second-order valence-corrected chi connectivity index (χ2v) is 6.69. The van der Waals surface area contributed by atoms with E-state index in [9.17, 15) is 4.79 Å². The molecule has 0 atom stereocenters. The summed E-state index contributed by atoms with van der Waals surface area (Å²) in [6, 6.07) is 0. The minimum absolute atomic E-state index is 0.157. The first-order chi connectivity index (χ1) is 10.3. The van der Waals surface area contributed by atoms with Gasteiger partial charge in [-0.05, 0) is 6.26 Å². The van der Waals surface area contributed by atoms with Crippen LogP contribution in [0.25, 0.3) is 11.2 Å². The molecule has 3 heterocycles. The third-order valence-corrected chi connectivity index (χ3v) is 5.16. The highest BCUT2D eigenvalue weighted by Gasteiger charge is 2.11. The number of imidazole rings is 1. The van der Waals surface area contributed by atoms with E-state index in [1.807, 2.05) is 6.26 Å². The molecule has 3 aromatic heterocycles. The Morgan fingerprint density at radius 2 is 2.29 bits per heavy atom. The van der Waals surface area contributed by atoms with E-state index in [0.29, 0.717) is 15.8 Å². The lowest BCUT2D eigenvalue weighted by Gasteiger charge is -2.01. The molecule has 0 aliphatic carbocycles. The summed E-state index contributed by atoms with van der Waals surface area (Å²) in [6.45, 7) is 0. The number of H-pyrrole nitrogens is 1. The van der Waals surface area contributed by atoms with Crippen molar-refractivity contribution in [2.24, 2.45) is 0 Å². The van der Waals surface area contributed by atoms with E-state index in [-0.39, 0.29) is 11.7 Å². The van der Waals surface area contributed by atoms with Gasteiger partial charge < -0.3 is 4.98 Å². The number of amides is 1. The monoisotopic (exact) mass is 339 g/mol. The Labute approximate surface area is 131 Å². The maximum Gasteiger partial charge on any atom is 0.236 e. The van der Waals surface area contributed by atoms with E-state index in [4.69, 9.17) is 0 Å². The van der Waals surface area contributed by atoms with E-state index < -0.39 is 0 Å². The Morgan fingerprint density at radius 1 is 1.38 bits per heavy atom. The van der Waals surface area contributed by atoms with Crippen LogP contribution in [-0.4, -0.2) is 48.0 Å². The van der Waals surface area contributed by atoms with Crippen molar-refractivity contribution in [3.63, 3.8) is 0 Å². The first-order valence-electron chi connectivity index (χ1n) is 5.70. The molecule has 0 aliphatic heterocycles. The van der Waals surface area contributed by atoms with Crippen LogP contribution < -0.4 is 5.32 Å². The van der Waals surface area contributed by atoms with Crippen LogP contribution >= 0.6 is 34.9 Å². The molecule has 0 fully saturated rings. The SMILES string of the molecule is CSc1nnc(NC(=O)CSc2ncnc3nc[nH]c23)s1. The van der Waals surface area contributed by atoms with Gasteiger partial charge in [0.2, 0.25) is 11.0 Å². The Hall–Kier alpha value is -1.72. The number of aromatic amines is 1. The number of rotatable bonds is 5. The van der Waals surface area contributed by atoms with Crippen molar-refractivity contribution in [3.8, 4) is 0 Å². The second-order valence-electron chi connectivity index (χ2n) is 3.69. The number of hydrogen-bond donors (Lipinski definition) is 2. The smallest absolute Gasteiger partial charge is 0.236 e. The highest BCUT2D eigenvalue weighted by atomic mass is 32.2. The number of hydrogen-bond acceptors (Lipinski definition) is 9. The number of nitrogens with one attached hydrogen (secondary N) is 2. The predicted octanol–water partition coefficient (Wildman–Crippen LogP) is 1.66. The van der Waals surface area contributed by atoms with Crippen LogP contribution in [0.2, 0.25) is 0 Å². The lowest BCUT2D eigenvalue weighted by atomic mass is 10.6. The lowest BCUT2D eigenvalue weighted by Crippen LogP contribution is -2.14. The van der Waals surface area contributed by atoms with Crippen LogP contribution in [0.15, 0.2) is 22.0 Å². The molecule has 0 aromatic carbocycles. The Balaban J connectivity index is 1.62. The standard InChI is InChI=1S/C10H9N7OS3/c1-19-10-17-16-9(21-10)15-5(18)2-20-8-6-7(12-3-11-6)13-4-14-8/h3-4H,2H2,1H3,(H,15,16,18)(H,11,12,13,14). The van der Waals surface area contributed by atoms with Gasteiger partial charge in [-0.2, -0.15) is 0 Å². The first-order valence-corrected chi connectivity index (χ1v) is 8.73. The molecule has 3 aromatic rings. The summed E-state index contributed by atoms with van der Waals surface area (Å²) in [5.41, 5.74) is 1.32. The molecule has 0 spiro atoms. The van der Waals surface area contributed by atoms with Crippen molar-refractivity contribution < 1.29 is 4.79 Å². The van der Waals surface area contributed by atoms with Gasteiger partial charge >= 0.3 is 0 Å². The molecule has 11 heteroatoms. The zero-order valence-corrected chi connectivity index (χ0v) is 13.2. The van der Waals surface area contributed by atoms with Gasteiger partial charge in [0.1, 0.15) is 16.9 Å². The van der Waals surface area contributed by atoms with Gasteiger partial charge in [-0.25, -0.2) is 15.0 Å². The molecule has 0 saturated carbocycles. The van der Waals surface area contributed by atoms with Crippen molar-refractivity contribution >= 4 is 57.1 Å². The van der Waals surface area contributed by atoms with Gasteiger partial charge in [-0.15, -0.1) is 10.2 Å². The third-order valence-electron chi connectivity index (χ3n) is 2.36. The molecule has 1 amide bonds. The Morgan fingerprint density at radius 3 is 3.10 bits per heavy atom. The number of thioether (sulfide) groups is 2. The van der Waals surface area contributed by atoms with Crippen LogP contribution in [0, 0.1) is 0 Å². The van der Waals surface area contributed by atoms with E-state index in [2.05, 4.69) is 35.5 Å². The zero-order valence-electron chi connectivity index (χ0n) is 10.7. The van der Waals surface area contributed by atoms with Crippen molar-refractivity contribution in [1.29, 1.82) is 0 Å². The topological polar surface area (TPSA) is 109 Å². The van der Waals surface area contributed by atoms with Crippen LogP contribution in [0.5, 0.6) is 0 Å². The van der Waals surface area contributed by atoms with E-state index in [1.165, 1.54) is 41.2 Å². The highest BCUT2D eigenvalue weighted by Crippen LogP contribution is 2.24. The summed E-state index contributed by atoms with van der Waals surface area (Å²) in [7, 11) is 0. The van der Waals surface area contributed by atoms with Crippen LogP contribution in [-0.2, 0) is 4.79 Å². The Kier molecular flexibility index (Phi) is 4.31. The molecule has 108 valence electrons. The number of carbonyl (C=O) groups is 1. The fourth-order valence-electron chi connectivity index (χ4n) is 1.48. The molecule has 0 saturated heterocycles.